The van der Waals surface area contributed by atoms with Crippen LogP contribution in [0.3, 0.4) is 0 Å². The average molecular weight is 271 g/mol. The topological polar surface area (TPSA) is 32.9 Å². The molecule has 1 aromatic heterocycles. The molecule has 0 aliphatic heterocycles. The van der Waals surface area contributed by atoms with Crippen molar-refractivity contribution in [3.05, 3.63) is 31.8 Å². The summed E-state index contributed by atoms with van der Waals surface area (Å²) in [6.45, 7) is 0. The lowest BCUT2D eigenvalue weighted by Gasteiger charge is -1.96. The molecular formula is C6H4F2INO. The third-order valence-corrected chi connectivity index (χ3v) is 1.75. The van der Waals surface area contributed by atoms with Crippen molar-refractivity contribution in [1.82, 2.24) is 4.98 Å². The second-order valence-corrected chi connectivity index (χ2v) is 3.15. The van der Waals surface area contributed by atoms with Gasteiger partial charge >= 0.3 is 0 Å². The summed E-state index contributed by atoms with van der Waals surface area (Å²) in [7, 11) is 0. The number of nitrogens with one attached hydrogen (secondary N) is 1. The molecule has 1 N–H and O–H groups in total. The molecule has 11 heavy (non-hydrogen) atoms. The molecule has 60 valence electrons. The maximum Gasteiger partial charge on any atom is 0.269 e. The van der Waals surface area contributed by atoms with Crippen molar-refractivity contribution < 1.29 is 8.78 Å². The fourth-order valence-corrected chi connectivity index (χ4v) is 1.13. The highest BCUT2D eigenvalue weighted by molar-refractivity contribution is 14.1. The van der Waals surface area contributed by atoms with E-state index in [4.69, 9.17) is 0 Å². The molecule has 2 nitrogen and oxygen atoms in total. The first kappa shape index (κ1) is 8.63. The zero-order valence-electron chi connectivity index (χ0n) is 5.27. The van der Waals surface area contributed by atoms with Crippen molar-refractivity contribution >= 4 is 22.6 Å². The predicted octanol–water partition coefficient (Wildman–Crippen LogP) is 1.92. The number of H-pyrrole nitrogens is 1. The Labute approximate surface area is 74.8 Å². The summed E-state index contributed by atoms with van der Waals surface area (Å²) in [6.07, 6.45) is -1.32. The lowest BCUT2D eigenvalue weighted by Crippen LogP contribution is -2.12. The van der Waals surface area contributed by atoms with E-state index >= 15 is 0 Å². The summed E-state index contributed by atoms with van der Waals surface area (Å²) in [5.74, 6) is 0. The van der Waals surface area contributed by atoms with E-state index in [2.05, 4.69) is 4.98 Å². The van der Waals surface area contributed by atoms with Crippen LogP contribution in [-0.2, 0) is 0 Å². The Balaban J connectivity index is 3.24. The van der Waals surface area contributed by atoms with E-state index in [1.54, 1.807) is 0 Å². The van der Waals surface area contributed by atoms with Crippen LogP contribution < -0.4 is 5.56 Å². The second kappa shape index (κ2) is 3.29. The molecule has 0 aliphatic rings. The molecule has 0 atom stereocenters. The Bertz CT molecular complexity index is 310. The Kier molecular flexibility index (Phi) is 2.58. The Morgan fingerprint density at radius 2 is 2.18 bits per heavy atom. The fourth-order valence-electron chi connectivity index (χ4n) is 0.636. The minimum atomic E-state index is -2.70. The molecule has 0 unspecified atom stereocenters. The predicted molar refractivity (Wildman–Crippen MR) is 44.7 cm³/mol. The molecule has 0 radical (unpaired) electrons. The van der Waals surface area contributed by atoms with Crippen LogP contribution in [0.1, 0.15) is 12.0 Å². The van der Waals surface area contributed by atoms with Crippen LogP contribution in [0.5, 0.6) is 0 Å². The summed E-state index contributed by atoms with van der Waals surface area (Å²) in [5, 5.41) is 0. The van der Waals surface area contributed by atoms with Gasteiger partial charge in [-0.15, -0.1) is 0 Å². The molecule has 5 heteroatoms. The number of pyridine rings is 1. The highest BCUT2D eigenvalue weighted by Crippen LogP contribution is 2.15. The number of alkyl halides is 2. The van der Waals surface area contributed by atoms with Gasteiger partial charge in [0.05, 0.1) is 5.56 Å². The molecule has 0 aromatic carbocycles. The molecule has 0 bridgehead atoms. The molecule has 1 heterocycles. The van der Waals surface area contributed by atoms with E-state index in [0.29, 0.717) is 3.57 Å². The molecule has 0 fully saturated rings. The van der Waals surface area contributed by atoms with Crippen molar-refractivity contribution in [3.8, 4) is 0 Å². The van der Waals surface area contributed by atoms with E-state index in [0.717, 1.165) is 0 Å². The van der Waals surface area contributed by atoms with Gasteiger partial charge in [0.25, 0.3) is 12.0 Å². The van der Waals surface area contributed by atoms with Gasteiger partial charge in [0.15, 0.2) is 0 Å². The SMILES string of the molecule is O=c1[nH]cc(I)cc1C(F)F. The zero-order chi connectivity index (χ0) is 8.43. The average Bonchev–Trinajstić information content (AvgIpc) is 1.94. The van der Waals surface area contributed by atoms with Gasteiger partial charge < -0.3 is 4.98 Å². The minimum Gasteiger partial charge on any atom is -0.328 e. The van der Waals surface area contributed by atoms with Gasteiger partial charge in [0, 0.05) is 9.77 Å². The molecule has 0 spiro atoms. The number of hydrogen-bond donors (Lipinski definition) is 1. The highest BCUT2D eigenvalue weighted by Gasteiger charge is 2.11. The Hall–Kier alpha value is -0.460. The number of halogens is 3. The largest absolute Gasteiger partial charge is 0.328 e. The molecule has 0 saturated heterocycles. The molecule has 0 aliphatic carbocycles. The van der Waals surface area contributed by atoms with Gasteiger partial charge in [0.2, 0.25) is 0 Å². The van der Waals surface area contributed by atoms with Crippen molar-refractivity contribution in [2.75, 3.05) is 0 Å². The smallest absolute Gasteiger partial charge is 0.269 e. The van der Waals surface area contributed by atoms with E-state index in [-0.39, 0.29) is 0 Å². The zero-order valence-corrected chi connectivity index (χ0v) is 7.43. The van der Waals surface area contributed by atoms with E-state index in [1.165, 1.54) is 12.3 Å². The van der Waals surface area contributed by atoms with E-state index in [1.807, 2.05) is 22.6 Å². The third kappa shape index (κ3) is 1.98. The standard InChI is InChI=1S/C6H4F2INO/c7-5(8)4-1-3(9)2-10-6(4)11/h1-2,5H,(H,10,11). The normalized spacial score (nSPS) is 10.5. The van der Waals surface area contributed by atoms with Crippen molar-refractivity contribution in [2.45, 2.75) is 6.43 Å². The molecular weight excluding hydrogens is 267 g/mol. The number of rotatable bonds is 1. The maximum absolute atomic E-state index is 12.0. The van der Waals surface area contributed by atoms with Gasteiger partial charge in [-0.3, -0.25) is 4.79 Å². The minimum absolute atomic E-state index is 0.475. The highest BCUT2D eigenvalue weighted by atomic mass is 127. The van der Waals surface area contributed by atoms with Crippen molar-refractivity contribution in [3.63, 3.8) is 0 Å². The Morgan fingerprint density at radius 3 is 2.64 bits per heavy atom. The molecule has 1 rings (SSSR count). The fraction of sp³-hybridized carbons (Fsp3) is 0.167. The molecule has 0 amide bonds. The van der Waals surface area contributed by atoms with Crippen molar-refractivity contribution in [2.24, 2.45) is 0 Å². The van der Waals surface area contributed by atoms with Gasteiger partial charge in [-0.1, -0.05) is 0 Å². The van der Waals surface area contributed by atoms with Crippen LogP contribution in [0, 0.1) is 3.57 Å². The van der Waals surface area contributed by atoms with Crippen LogP contribution in [0.4, 0.5) is 8.78 Å². The van der Waals surface area contributed by atoms with Gasteiger partial charge in [0.1, 0.15) is 0 Å². The van der Waals surface area contributed by atoms with Crippen LogP contribution in [0.2, 0.25) is 0 Å². The molecule has 0 saturated carbocycles. The second-order valence-electron chi connectivity index (χ2n) is 1.90. The first-order chi connectivity index (χ1) is 5.11. The molecule has 1 aromatic rings. The summed E-state index contributed by atoms with van der Waals surface area (Å²) >= 11 is 1.85. The lowest BCUT2D eigenvalue weighted by atomic mass is 10.3. The number of hydrogen-bond acceptors (Lipinski definition) is 1. The number of aromatic amines is 1. The number of aromatic nitrogens is 1. The summed E-state index contributed by atoms with van der Waals surface area (Å²) in [4.78, 5) is 12.9. The van der Waals surface area contributed by atoms with E-state index < -0.39 is 17.5 Å². The summed E-state index contributed by atoms with van der Waals surface area (Å²) in [6, 6.07) is 1.17. The van der Waals surface area contributed by atoms with Crippen LogP contribution >= 0.6 is 22.6 Å². The van der Waals surface area contributed by atoms with Crippen molar-refractivity contribution in [1.29, 1.82) is 0 Å². The van der Waals surface area contributed by atoms with Crippen LogP contribution in [0.15, 0.2) is 17.1 Å². The van der Waals surface area contributed by atoms with Gasteiger partial charge in [-0.05, 0) is 28.7 Å². The lowest BCUT2D eigenvalue weighted by molar-refractivity contribution is 0.149. The monoisotopic (exact) mass is 271 g/mol. The van der Waals surface area contributed by atoms with Crippen LogP contribution in [0.25, 0.3) is 0 Å². The van der Waals surface area contributed by atoms with Gasteiger partial charge in [-0.25, -0.2) is 8.78 Å². The first-order valence-corrected chi connectivity index (χ1v) is 3.85. The maximum atomic E-state index is 12.0. The quantitative estimate of drug-likeness (QED) is 0.777. The third-order valence-electron chi connectivity index (χ3n) is 1.13. The summed E-state index contributed by atoms with van der Waals surface area (Å²) in [5.41, 5.74) is -1.20. The van der Waals surface area contributed by atoms with Gasteiger partial charge in [-0.2, -0.15) is 0 Å². The van der Waals surface area contributed by atoms with E-state index in [9.17, 15) is 13.6 Å². The van der Waals surface area contributed by atoms with Crippen LogP contribution in [-0.4, -0.2) is 4.98 Å². The first-order valence-electron chi connectivity index (χ1n) is 2.77. The Morgan fingerprint density at radius 1 is 1.55 bits per heavy atom. The summed E-state index contributed by atoms with van der Waals surface area (Å²) < 4.78 is 24.6.